The van der Waals surface area contributed by atoms with Gasteiger partial charge in [0.2, 0.25) is 5.89 Å². The van der Waals surface area contributed by atoms with Gasteiger partial charge in [-0.2, -0.15) is 4.98 Å². The van der Waals surface area contributed by atoms with Gasteiger partial charge < -0.3 is 19.5 Å². The minimum atomic E-state index is 0.0211. The SMILES string of the molecule is COCCc1noc(C2CCN(C(=O)NCCCc3ccccc3)CC2)n1. The number of nitrogens with one attached hydrogen (secondary N) is 1. The van der Waals surface area contributed by atoms with Crippen LogP contribution in [0.15, 0.2) is 34.9 Å². The minimum absolute atomic E-state index is 0.0211. The van der Waals surface area contributed by atoms with Crippen LogP contribution in [0.5, 0.6) is 0 Å². The van der Waals surface area contributed by atoms with Gasteiger partial charge in [-0.1, -0.05) is 35.5 Å². The standard InChI is InChI=1S/C20H28N4O3/c1-26-15-11-18-22-19(27-23-18)17-9-13-24(14-10-17)20(25)21-12-5-8-16-6-3-2-4-7-16/h2-4,6-7,17H,5,8-15H2,1H3,(H,21,25). The van der Waals surface area contributed by atoms with Gasteiger partial charge in [0.25, 0.3) is 0 Å². The molecule has 2 heterocycles. The molecule has 0 aliphatic carbocycles. The molecule has 1 aliphatic rings. The van der Waals surface area contributed by atoms with E-state index in [0.29, 0.717) is 44.4 Å². The molecule has 1 aromatic carbocycles. The first-order valence-electron chi connectivity index (χ1n) is 9.64. The third kappa shape index (κ3) is 5.79. The second-order valence-corrected chi connectivity index (χ2v) is 6.87. The van der Waals surface area contributed by atoms with Crippen LogP contribution >= 0.6 is 0 Å². The van der Waals surface area contributed by atoms with Gasteiger partial charge in [-0.25, -0.2) is 4.79 Å². The number of hydrogen-bond donors (Lipinski definition) is 1. The molecule has 146 valence electrons. The van der Waals surface area contributed by atoms with Crippen molar-refractivity contribution in [1.82, 2.24) is 20.4 Å². The van der Waals surface area contributed by atoms with Crippen LogP contribution in [0.2, 0.25) is 0 Å². The smallest absolute Gasteiger partial charge is 0.317 e. The van der Waals surface area contributed by atoms with Crippen molar-refractivity contribution in [3.8, 4) is 0 Å². The Bertz CT molecular complexity index is 696. The van der Waals surface area contributed by atoms with Crippen LogP contribution in [0.3, 0.4) is 0 Å². The third-order valence-electron chi connectivity index (χ3n) is 4.91. The van der Waals surface area contributed by atoms with Gasteiger partial charge in [-0.05, 0) is 31.2 Å². The summed E-state index contributed by atoms with van der Waals surface area (Å²) in [5, 5.41) is 7.03. The number of benzene rings is 1. The molecule has 1 N–H and O–H groups in total. The Kier molecular flexibility index (Phi) is 7.21. The molecule has 1 fully saturated rings. The van der Waals surface area contributed by atoms with E-state index in [1.54, 1.807) is 7.11 Å². The second-order valence-electron chi connectivity index (χ2n) is 6.87. The van der Waals surface area contributed by atoms with Gasteiger partial charge in [0.05, 0.1) is 6.61 Å². The number of likely N-dealkylation sites (tertiary alicyclic amines) is 1. The average Bonchev–Trinajstić information content (AvgIpc) is 3.19. The van der Waals surface area contributed by atoms with E-state index in [2.05, 4.69) is 27.6 Å². The summed E-state index contributed by atoms with van der Waals surface area (Å²) in [4.78, 5) is 18.7. The number of hydrogen-bond acceptors (Lipinski definition) is 5. The van der Waals surface area contributed by atoms with E-state index >= 15 is 0 Å². The number of piperidine rings is 1. The molecule has 0 bridgehead atoms. The highest BCUT2D eigenvalue weighted by atomic mass is 16.5. The van der Waals surface area contributed by atoms with Gasteiger partial charge >= 0.3 is 6.03 Å². The van der Waals surface area contributed by atoms with Gasteiger partial charge in [0.15, 0.2) is 5.82 Å². The van der Waals surface area contributed by atoms with Crippen molar-refractivity contribution < 1.29 is 14.1 Å². The van der Waals surface area contributed by atoms with Crippen LogP contribution in [0.25, 0.3) is 0 Å². The molecule has 0 unspecified atom stereocenters. The van der Waals surface area contributed by atoms with Crippen LogP contribution in [-0.2, 0) is 17.6 Å². The van der Waals surface area contributed by atoms with E-state index in [-0.39, 0.29) is 11.9 Å². The highest BCUT2D eigenvalue weighted by Crippen LogP contribution is 2.26. The van der Waals surface area contributed by atoms with E-state index < -0.39 is 0 Å². The molecule has 0 atom stereocenters. The number of methoxy groups -OCH3 is 1. The molecule has 2 aromatic rings. The summed E-state index contributed by atoms with van der Waals surface area (Å²) in [5.41, 5.74) is 1.30. The van der Waals surface area contributed by atoms with Crippen molar-refractivity contribution in [2.45, 2.75) is 38.0 Å². The van der Waals surface area contributed by atoms with Crippen LogP contribution in [-0.4, -0.2) is 54.4 Å². The fourth-order valence-corrected chi connectivity index (χ4v) is 3.30. The molecule has 3 rings (SSSR count). The van der Waals surface area contributed by atoms with E-state index in [0.717, 1.165) is 25.7 Å². The van der Waals surface area contributed by atoms with Crippen LogP contribution in [0, 0.1) is 0 Å². The highest BCUT2D eigenvalue weighted by Gasteiger charge is 2.27. The summed E-state index contributed by atoms with van der Waals surface area (Å²) < 4.78 is 10.4. The maximum atomic E-state index is 12.3. The first kappa shape index (κ1) is 19.4. The molecule has 27 heavy (non-hydrogen) atoms. The predicted molar refractivity (Wildman–Crippen MR) is 102 cm³/mol. The zero-order valence-electron chi connectivity index (χ0n) is 15.9. The van der Waals surface area contributed by atoms with Crippen molar-refractivity contribution in [3.63, 3.8) is 0 Å². The number of nitrogens with zero attached hydrogens (tertiary/aromatic N) is 3. The van der Waals surface area contributed by atoms with Crippen molar-refractivity contribution in [2.24, 2.45) is 0 Å². The molecule has 0 saturated carbocycles. The molecular weight excluding hydrogens is 344 g/mol. The van der Waals surface area contributed by atoms with Gasteiger partial charge in [-0.15, -0.1) is 0 Å². The summed E-state index contributed by atoms with van der Waals surface area (Å²) in [6, 6.07) is 10.4. The first-order valence-corrected chi connectivity index (χ1v) is 9.64. The summed E-state index contributed by atoms with van der Waals surface area (Å²) in [7, 11) is 1.66. The lowest BCUT2D eigenvalue weighted by Crippen LogP contribution is -2.44. The number of rotatable bonds is 8. The maximum Gasteiger partial charge on any atom is 0.317 e. The van der Waals surface area contributed by atoms with Gasteiger partial charge in [-0.3, -0.25) is 0 Å². The molecule has 1 aromatic heterocycles. The first-order chi connectivity index (χ1) is 13.3. The number of aryl methyl sites for hydroxylation is 1. The molecule has 0 radical (unpaired) electrons. The number of ether oxygens (including phenoxy) is 1. The summed E-state index contributed by atoms with van der Waals surface area (Å²) >= 11 is 0. The normalized spacial score (nSPS) is 15.1. The zero-order valence-corrected chi connectivity index (χ0v) is 15.9. The van der Waals surface area contributed by atoms with Crippen LogP contribution in [0.4, 0.5) is 4.79 Å². The fraction of sp³-hybridized carbons (Fsp3) is 0.550. The Morgan fingerprint density at radius 1 is 1.26 bits per heavy atom. The van der Waals surface area contributed by atoms with Crippen LogP contribution < -0.4 is 5.32 Å². The Balaban J connectivity index is 1.35. The Morgan fingerprint density at radius 2 is 2.04 bits per heavy atom. The average molecular weight is 372 g/mol. The monoisotopic (exact) mass is 372 g/mol. The number of carbonyl (C=O) groups is 1. The Hall–Kier alpha value is -2.41. The number of urea groups is 1. The lowest BCUT2D eigenvalue weighted by atomic mass is 9.97. The molecule has 1 aliphatic heterocycles. The number of carbonyl (C=O) groups excluding carboxylic acids is 1. The van der Waals surface area contributed by atoms with Crippen molar-refractivity contribution in [1.29, 1.82) is 0 Å². The molecule has 7 heteroatoms. The largest absolute Gasteiger partial charge is 0.384 e. The molecule has 1 saturated heterocycles. The maximum absolute atomic E-state index is 12.3. The molecule has 2 amide bonds. The van der Waals surface area contributed by atoms with Crippen molar-refractivity contribution in [3.05, 3.63) is 47.6 Å². The van der Waals surface area contributed by atoms with Crippen molar-refractivity contribution in [2.75, 3.05) is 33.4 Å². The van der Waals surface area contributed by atoms with E-state index in [1.165, 1.54) is 5.56 Å². The second kappa shape index (κ2) is 10.1. The highest BCUT2D eigenvalue weighted by molar-refractivity contribution is 5.74. The third-order valence-corrected chi connectivity index (χ3v) is 4.91. The molecular formula is C20H28N4O3. The van der Waals surface area contributed by atoms with E-state index in [1.807, 2.05) is 23.1 Å². The summed E-state index contributed by atoms with van der Waals surface area (Å²) in [6.07, 6.45) is 4.28. The quantitative estimate of drug-likeness (QED) is 0.721. The summed E-state index contributed by atoms with van der Waals surface area (Å²) in [5.74, 6) is 1.60. The van der Waals surface area contributed by atoms with Crippen molar-refractivity contribution >= 4 is 6.03 Å². The van der Waals surface area contributed by atoms with E-state index in [4.69, 9.17) is 9.26 Å². The lowest BCUT2D eigenvalue weighted by molar-refractivity contribution is 0.175. The van der Waals surface area contributed by atoms with Gasteiger partial charge in [0.1, 0.15) is 0 Å². The van der Waals surface area contributed by atoms with E-state index in [9.17, 15) is 4.79 Å². The lowest BCUT2D eigenvalue weighted by Gasteiger charge is -2.30. The van der Waals surface area contributed by atoms with Crippen LogP contribution in [0.1, 0.15) is 42.5 Å². The van der Waals surface area contributed by atoms with Gasteiger partial charge in [0, 0.05) is 39.1 Å². The number of aromatic nitrogens is 2. The minimum Gasteiger partial charge on any atom is -0.384 e. The number of amides is 2. The Labute approximate surface area is 160 Å². The molecule has 7 nitrogen and oxygen atoms in total. The fourth-order valence-electron chi connectivity index (χ4n) is 3.30. The summed E-state index contributed by atoms with van der Waals surface area (Å²) in [6.45, 7) is 2.71. The predicted octanol–water partition coefficient (Wildman–Crippen LogP) is 2.78. The molecule has 0 spiro atoms. The zero-order chi connectivity index (χ0) is 18.9. The Morgan fingerprint density at radius 3 is 2.78 bits per heavy atom. The topological polar surface area (TPSA) is 80.5 Å².